The summed E-state index contributed by atoms with van der Waals surface area (Å²) >= 11 is 4.82. The summed E-state index contributed by atoms with van der Waals surface area (Å²) in [7, 11) is 1.56. The monoisotopic (exact) mass is 372 g/mol. The number of carbonyl (C=O) groups is 1. The van der Waals surface area contributed by atoms with Crippen molar-refractivity contribution in [2.24, 2.45) is 0 Å². The summed E-state index contributed by atoms with van der Waals surface area (Å²) in [6.45, 7) is 0.339. The lowest BCUT2D eigenvalue weighted by molar-refractivity contribution is -0.385. The van der Waals surface area contributed by atoms with Crippen LogP contribution in [0.5, 0.6) is 0 Å². The van der Waals surface area contributed by atoms with Gasteiger partial charge in [0, 0.05) is 25.2 Å². The van der Waals surface area contributed by atoms with E-state index in [1.165, 1.54) is 16.2 Å². The van der Waals surface area contributed by atoms with E-state index in [9.17, 15) is 19.3 Å². The Labute approximate surface area is 132 Å². The molecule has 0 unspecified atom stereocenters. The molecule has 21 heavy (non-hydrogen) atoms. The molecule has 0 atom stereocenters. The molecule has 0 saturated heterocycles. The van der Waals surface area contributed by atoms with Crippen LogP contribution in [0.4, 0.5) is 10.1 Å². The molecule has 0 spiro atoms. The standard InChI is InChI=1S/C13H10BrFN2O3S/c1-16(6-8-2-12(14)21-7-8)13(18)9-3-10(15)5-11(4-9)17(19)20/h2-5,7H,6H2,1H3. The summed E-state index contributed by atoms with van der Waals surface area (Å²) in [6.07, 6.45) is 0. The van der Waals surface area contributed by atoms with E-state index in [4.69, 9.17) is 0 Å². The number of non-ortho nitro benzene ring substituents is 1. The summed E-state index contributed by atoms with van der Waals surface area (Å²) in [5.74, 6) is -1.28. The Morgan fingerprint density at radius 2 is 2.14 bits per heavy atom. The maximum absolute atomic E-state index is 13.4. The summed E-state index contributed by atoms with van der Waals surface area (Å²) in [5.41, 5.74) is 0.442. The molecule has 0 aliphatic heterocycles. The van der Waals surface area contributed by atoms with Gasteiger partial charge in [-0.3, -0.25) is 14.9 Å². The number of hydrogen-bond acceptors (Lipinski definition) is 4. The number of nitro groups is 1. The zero-order valence-electron chi connectivity index (χ0n) is 10.9. The van der Waals surface area contributed by atoms with Gasteiger partial charge in [-0.25, -0.2) is 4.39 Å². The Morgan fingerprint density at radius 3 is 2.71 bits per heavy atom. The fourth-order valence-corrected chi connectivity index (χ4v) is 3.00. The molecule has 0 saturated carbocycles. The number of thiophene rings is 1. The van der Waals surface area contributed by atoms with Crippen LogP contribution in [-0.4, -0.2) is 22.8 Å². The molecule has 2 rings (SSSR count). The Kier molecular flexibility index (Phi) is 4.69. The van der Waals surface area contributed by atoms with Gasteiger partial charge in [0.2, 0.25) is 0 Å². The van der Waals surface area contributed by atoms with Crippen LogP contribution in [0.2, 0.25) is 0 Å². The molecule has 1 aromatic carbocycles. The predicted octanol–water partition coefficient (Wildman–Crippen LogP) is 3.83. The molecule has 0 aliphatic rings. The molecule has 0 fully saturated rings. The van der Waals surface area contributed by atoms with Gasteiger partial charge in [-0.05, 0) is 39.0 Å². The van der Waals surface area contributed by atoms with Crippen LogP contribution in [0.25, 0.3) is 0 Å². The Bertz CT molecular complexity index is 704. The van der Waals surface area contributed by atoms with Gasteiger partial charge in [-0.15, -0.1) is 11.3 Å². The number of halogens is 2. The van der Waals surface area contributed by atoms with E-state index in [-0.39, 0.29) is 5.56 Å². The number of benzene rings is 1. The van der Waals surface area contributed by atoms with E-state index in [2.05, 4.69) is 15.9 Å². The molecule has 1 aromatic heterocycles. The van der Waals surface area contributed by atoms with Crippen molar-refractivity contribution in [3.63, 3.8) is 0 Å². The van der Waals surface area contributed by atoms with Crippen molar-refractivity contribution in [3.8, 4) is 0 Å². The highest BCUT2D eigenvalue weighted by Gasteiger charge is 2.18. The molecular formula is C13H10BrFN2O3S. The van der Waals surface area contributed by atoms with E-state index in [0.29, 0.717) is 6.54 Å². The largest absolute Gasteiger partial charge is 0.337 e. The van der Waals surface area contributed by atoms with Gasteiger partial charge in [-0.2, -0.15) is 0 Å². The highest BCUT2D eigenvalue weighted by atomic mass is 79.9. The number of nitrogens with zero attached hydrogens (tertiary/aromatic N) is 2. The topological polar surface area (TPSA) is 63.5 Å². The van der Waals surface area contributed by atoms with Crippen LogP contribution in [0.1, 0.15) is 15.9 Å². The fraction of sp³-hybridized carbons (Fsp3) is 0.154. The number of carbonyl (C=O) groups excluding carboxylic acids is 1. The minimum absolute atomic E-state index is 0.0431. The maximum Gasteiger partial charge on any atom is 0.273 e. The number of rotatable bonds is 4. The van der Waals surface area contributed by atoms with Gasteiger partial charge in [-0.1, -0.05) is 0 Å². The quantitative estimate of drug-likeness (QED) is 0.605. The first-order valence-corrected chi connectivity index (χ1v) is 7.47. The molecule has 8 heteroatoms. The summed E-state index contributed by atoms with van der Waals surface area (Å²) in [4.78, 5) is 23.6. The Morgan fingerprint density at radius 1 is 1.43 bits per heavy atom. The van der Waals surface area contributed by atoms with Crippen molar-refractivity contribution in [1.29, 1.82) is 0 Å². The van der Waals surface area contributed by atoms with Gasteiger partial charge in [0.25, 0.3) is 11.6 Å². The van der Waals surface area contributed by atoms with Crippen molar-refractivity contribution in [2.75, 3.05) is 7.05 Å². The first-order valence-electron chi connectivity index (χ1n) is 5.80. The number of amides is 1. The Balaban J connectivity index is 2.20. The zero-order valence-corrected chi connectivity index (χ0v) is 13.3. The second kappa shape index (κ2) is 6.31. The highest BCUT2D eigenvalue weighted by Crippen LogP contribution is 2.22. The lowest BCUT2D eigenvalue weighted by Gasteiger charge is -2.16. The van der Waals surface area contributed by atoms with Crippen LogP contribution < -0.4 is 0 Å². The van der Waals surface area contributed by atoms with Crippen LogP contribution in [0.3, 0.4) is 0 Å². The van der Waals surface area contributed by atoms with E-state index >= 15 is 0 Å². The van der Waals surface area contributed by atoms with Crippen molar-refractivity contribution >= 4 is 38.9 Å². The van der Waals surface area contributed by atoms with Crippen LogP contribution in [-0.2, 0) is 6.54 Å². The average molecular weight is 373 g/mol. The predicted molar refractivity (Wildman–Crippen MR) is 80.9 cm³/mol. The van der Waals surface area contributed by atoms with Gasteiger partial charge in [0.1, 0.15) is 5.82 Å². The molecule has 0 radical (unpaired) electrons. The van der Waals surface area contributed by atoms with Gasteiger partial charge in [0.05, 0.1) is 14.8 Å². The molecule has 1 amide bonds. The maximum atomic E-state index is 13.4. The molecule has 2 aromatic rings. The SMILES string of the molecule is CN(Cc1csc(Br)c1)C(=O)c1cc(F)cc([N+](=O)[O-])c1. The van der Waals surface area contributed by atoms with E-state index < -0.39 is 22.3 Å². The lowest BCUT2D eigenvalue weighted by atomic mass is 10.1. The van der Waals surface area contributed by atoms with Crippen molar-refractivity contribution in [1.82, 2.24) is 4.90 Å². The zero-order chi connectivity index (χ0) is 15.6. The summed E-state index contributed by atoms with van der Waals surface area (Å²) in [6, 6.07) is 4.73. The summed E-state index contributed by atoms with van der Waals surface area (Å²) < 4.78 is 14.3. The minimum atomic E-state index is -0.806. The first-order chi connectivity index (χ1) is 9.86. The first kappa shape index (κ1) is 15.6. The molecule has 1 heterocycles. The van der Waals surface area contributed by atoms with E-state index in [0.717, 1.165) is 27.5 Å². The third-order valence-corrected chi connectivity index (χ3v) is 4.28. The van der Waals surface area contributed by atoms with Crippen LogP contribution in [0, 0.1) is 15.9 Å². The second-order valence-corrected chi connectivity index (χ2v) is 6.67. The van der Waals surface area contributed by atoms with Crippen LogP contribution >= 0.6 is 27.3 Å². The average Bonchev–Trinajstić information content (AvgIpc) is 2.82. The molecule has 110 valence electrons. The smallest absolute Gasteiger partial charge is 0.273 e. The summed E-state index contributed by atoms with van der Waals surface area (Å²) in [5, 5.41) is 12.6. The van der Waals surface area contributed by atoms with Gasteiger partial charge >= 0.3 is 0 Å². The van der Waals surface area contributed by atoms with Crippen molar-refractivity contribution in [2.45, 2.75) is 6.54 Å². The molecule has 0 bridgehead atoms. The Hall–Kier alpha value is -1.80. The number of hydrogen-bond donors (Lipinski definition) is 0. The fourth-order valence-electron chi connectivity index (χ4n) is 1.80. The number of nitro benzene ring substituents is 1. The normalized spacial score (nSPS) is 10.4. The van der Waals surface area contributed by atoms with Gasteiger partial charge in [0.15, 0.2) is 0 Å². The third kappa shape index (κ3) is 3.85. The van der Waals surface area contributed by atoms with Crippen molar-refractivity contribution < 1.29 is 14.1 Å². The molecule has 0 N–H and O–H groups in total. The molecule has 0 aliphatic carbocycles. The van der Waals surface area contributed by atoms with Crippen molar-refractivity contribution in [3.05, 3.63) is 60.5 Å². The van der Waals surface area contributed by atoms with Gasteiger partial charge < -0.3 is 4.90 Å². The molecular weight excluding hydrogens is 363 g/mol. The highest BCUT2D eigenvalue weighted by molar-refractivity contribution is 9.11. The lowest BCUT2D eigenvalue weighted by Crippen LogP contribution is -2.26. The van der Waals surface area contributed by atoms with Crippen LogP contribution in [0.15, 0.2) is 33.4 Å². The van der Waals surface area contributed by atoms with E-state index in [1.54, 1.807) is 7.05 Å². The molecule has 5 nitrogen and oxygen atoms in total. The minimum Gasteiger partial charge on any atom is -0.337 e. The van der Waals surface area contributed by atoms with E-state index in [1.807, 2.05) is 11.4 Å². The second-order valence-electron chi connectivity index (χ2n) is 4.38. The third-order valence-electron chi connectivity index (χ3n) is 2.73.